The number of nitrogens with one attached hydrogen (secondary N) is 2. The van der Waals surface area contributed by atoms with Crippen LogP contribution < -0.4 is 10.6 Å². The molecule has 23 heavy (non-hydrogen) atoms. The van der Waals surface area contributed by atoms with Crippen LogP contribution >= 0.6 is 22.6 Å². The van der Waals surface area contributed by atoms with Gasteiger partial charge in [0, 0.05) is 39.0 Å². The van der Waals surface area contributed by atoms with E-state index in [1.165, 1.54) is 0 Å². The van der Waals surface area contributed by atoms with Gasteiger partial charge in [-0.15, -0.1) is 0 Å². The van der Waals surface area contributed by atoms with E-state index in [2.05, 4.69) is 43.1 Å². The average molecular weight is 432 g/mol. The number of amides is 1. The molecule has 1 amide bonds. The van der Waals surface area contributed by atoms with E-state index in [0.717, 1.165) is 24.5 Å². The number of nitrogens with zero attached hydrogens (tertiary/aromatic N) is 2. The van der Waals surface area contributed by atoms with Crippen LogP contribution in [0.1, 0.15) is 25.5 Å². The van der Waals surface area contributed by atoms with Gasteiger partial charge >= 0.3 is 0 Å². The Morgan fingerprint density at radius 2 is 2.09 bits per heavy atom. The lowest BCUT2D eigenvalue weighted by molar-refractivity contribution is -0.120. The maximum atomic E-state index is 11.3. The van der Waals surface area contributed by atoms with Crippen LogP contribution in [0.2, 0.25) is 0 Å². The fourth-order valence-electron chi connectivity index (χ4n) is 1.89. The number of hydrogen-bond acceptors (Lipinski definition) is 5. The van der Waals surface area contributed by atoms with Gasteiger partial charge in [-0.2, -0.15) is 0 Å². The number of alkyl halides is 1. The van der Waals surface area contributed by atoms with Crippen LogP contribution in [0.5, 0.6) is 0 Å². The average Bonchev–Trinajstić information content (AvgIpc) is 2.57. The lowest BCUT2D eigenvalue weighted by Gasteiger charge is -2.15. The Bertz CT molecular complexity index is 493. The van der Waals surface area contributed by atoms with Gasteiger partial charge in [-0.1, -0.05) is 29.5 Å². The van der Waals surface area contributed by atoms with Crippen molar-refractivity contribution >= 4 is 40.0 Å². The Kier molecular flexibility index (Phi) is 9.77. The molecule has 2 N–H and O–H groups in total. The molecule has 1 rings (SSSR count). The summed E-state index contributed by atoms with van der Waals surface area (Å²) in [6.45, 7) is 4.58. The molecular weight excluding hydrogens is 407 g/mol. The first-order valence-electron chi connectivity index (χ1n) is 7.76. The lowest BCUT2D eigenvalue weighted by Crippen LogP contribution is -2.27. The summed E-state index contributed by atoms with van der Waals surface area (Å²) in [6, 6.07) is 3.96. The van der Waals surface area contributed by atoms with Gasteiger partial charge in [-0.3, -0.25) is 14.6 Å². The minimum absolute atomic E-state index is 0.0596. The van der Waals surface area contributed by atoms with Crippen molar-refractivity contribution < 1.29 is 9.59 Å². The maximum Gasteiger partial charge on any atom is 0.219 e. The molecular formula is C16H25IN4O2. The number of anilines is 1. The quantitative estimate of drug-likeness (QED) is 0.317. The Labute approximate surface area is 151 Å². The van der Waals surface area contributed by atoms with Crippen molar-refractivity contribution in [2.45, 2.75) is 26.3 Å². The summed E-state index contributed by atoms with van der Waals surface area (Å²) >= 11 is 2.10. The summed E-state index contributed by atoms with van der Waals surface area (Å²) in [5.41, 5.74) is 1.90. The molecule has 0 aliphatic rings. The van der Waals surface area contributed by atoms with Crippen molar-refractivity contribution in [2.24, 2.45) is 0 Å². The Morgan fingerprint density at radius 3 is 2.70 bits per heavy atom. The van der Waals surface area contributed by atoms with Crippen LogP contribution in [0.3, 0.4) is 0 Å². The number of carbonyl (C=O) groups is 2. The number of carbonyl (C=O) groups excluding carboxylic acids is 2. The monoisotopic (exact) mass is 432 g/mol. The fourth-order valence-corrected chi connectivity index (χ4v) is 2.28. The van der Waals surface area contributed by atoms with Crippen LogP contribution in [-0.2, 0) is 16.1 Å². The number of halogens is 1. The van der Waals surface area contributed by atoms with Crippen molar-refractivity contribution in [3.63, 3.8) is 0 Å². The number of rotatable bonds is 11. The second kappa shape index (κ2) is 11.3. The van der Waals surface area contributed by atoms with Crippen LogP contribution in [0.4, 0.5) is 5.69 Å². The molecule has 128 valence electrons. The third-order valence-electron chi connectivity index (χ3n) is 3.28. The predicted molar refractivity (Wildman–Crippen MR) is 101 cm³/mol. The largest absolute Gasteiger partial charge is 0.382 e. The van der Waals surface area contributed by atoms with Crippen LogP contribution in [-0.4, -0.2) is 52.7 Å². The summed E-state index contributed by atoms with van der Waals surface area (Å²) in [6.07, 6.45) is 2.89. The lowest BCUT2D eigenvalue weighted by atomic mass is 10.2. The summed E-state index contributed by atoms with van der Waals surface area (Å²) in [4.78, 5) is 28.9. The van der Waals surface area contributed by atoms with E-state index < -0.39 is 0 Å². The third kappa shape index (κ3) is 8.85. The smallest absolute Gasteiger partial charge is 0.219 e. The third-order valence-corrected chi connectivity index (χ3v) is 4.13. The first-order chi connectivity index (χ1) is 11.0. The first-order valence-corrected chi connectivity index (χ1v) is 9.29. The van der Waals surface area contributed by atoms with E-state index >= 15 is 0 Å². The van der Waals surface area contributed by atoms with Crippen molar-refractivity contribution in [1.82, 2.24) is 15.2 Å². The SMILES string of the molecule is CCC(=O)NCCNc1ccc(CN(C)CCC(=O)CI)nc1. The molecule has 6 nitrogen and oxygen atoms in total. The van der Waals surface area contributed by atoms with Crippen LogP contribution in [0.25, 0.3) is 0 Å². The van der Waals surface area contributed by atoms with Crippen molar-refractivity contribution in [3.8, 4) is 0 Å². The Morgan fingerprint density at radius 1 is 1.30 bits per heavy atom. The van der Waals surface area contributed by atoms with E-state index in [0.29, 0.717) is 30.4 Å². The highest BCUT2D eigenvalue weighted by Crippen LogP contribution is 2.07. The summed E-state index contributed by atoms with van der Waals surface area (Å²) in [5, 5.41) is 6.03. The summed E-state index contributed by atoms with van der Waals surface area (Å²) in [7, 11) is 1.99. The van der Waals surface area contributed by atoms with Gasteiger partial charge in [-0.25, -0.2) is 0 Å². The molecule has 0 saturated heterocycles. The predicted octanol–water partition coefficient (Wildman–Crippen LogP) is 1.85. The van der Waals surface area contributed by atoms with Gasteiger partial charge < -0.3 is 15.5 Å². The molecule has 1 aromatic heterocycles. The van der Waals surface area contributed by atoms with Gasteiger partial charge in [0.15, 0.2) is 0 Å². The second-order valence-corrected chi connectivity index (χ2v) is 6.09. The van der Waals surface area contributed by atoms with Crippen molar-refractivity contribution in [2.75, 3.05) is 36.4 Å². The molecule has 1 heterocycles. The van der Waals surface area contributed by atoms with E-state index in [-0.39, 0.29) is 11.7 Å². The number of pyridine rings is 1. The van der Waals surface area contributed by atoms with Crippen molar-refractivity contribution in [1.29, 1.82) is 0 Å². The molecule has 0 fully saturated rings. The molecule has 0 spiro atoms. The zero-order valence-electron chi connectivity index (χ0n) is 13.8. The first kappa shape index (κ1) is 19.8. The molecule has 7 heteroatoms. The minimum Gasteiger partial charge on any atom is -0.382 e. The van der Waals surface area contributed by atoms with E-state index in [9.17, 15) is 9.59 Å². The van der Waals surface area contributed by atoms with E-state index in [4.69, 9.17) is 0 Å². The van der Waals surface area contributed by atoms with E-state index in [1.54, 1.807) is 6.20 Å². The van der Waals surface area contributed by atoms with E-state index in [1.807, 2.05) is 26.1 Å². The molecule has 0 aliphatic heterocycles. The zero-order valence-corrected chi connectivity index (χ0v) is 15.9. The normalized spacial score (nSPS) is 10.6. The fraction of sp³-hybridized carbons (Fsp3) is 0.562. The topological polar surface area (TPSA) is 74.3 Å². The van der Waals surface area contributed by atoms with Crippen LogP contribution in [0.15, 0.2) is 18.3 Å². The Hall–Kier alpha value is -1.22. The second-order valence-electron chi connectivity index (χ2n) is 5.33. The van der Waals surface area contributed by atoms with Gasteiger partial charge in [0.05, 0.1) is 22.0 Å². The molecule has 0 unspecified atom stereocenters. The summed E-state index contributed by atoms with van der Waals surface area (Å²) < 4.78 is 0.572. The number of hydrogen-bond donors (Lipinski definition) is 2. The number of Topliss-reactive ketones (excluding diaryl/α,β-unsaturated/α-hetero) is 1. The minimum atomic E-state index is 0.0596. The van der Waals surface area contributed by atoms with Gasteiger partial charge in [-0.05, 0) is 19.2 Å². The van der Waals surface area contributed by atoms with Crippen LogP contribution in [0, 0.1) is 0 Å². The van der Waals surface area contributed by atoms with Gasteiger partial charge in [0.1, 0.15) is 5.78 Å². The van der Waals surface area contributed by atoms with Gasteiger partial charge in [0.2, 0.25) is 5.91 Å². The molecule has 0 radical (unpaired) electrons. The standard InChI is InChI=1S/C16H25IN4O2/c1-3-16(23)19-8-7-18-13-4-5-14(20-11-13)12-21(2)9-6-15(22)10-17/h4-5,11,18H,3,6-10,12H2,1-2H3,(H,19,23). The number of aromatic nitrogens is 1. The molecule has 0 aromatic carbocycles. The highest BCUT2D eigenvalue weighted by molar-refractivity contribution is 14.1. The maximum absolute atomic E-state index is 11.3. The van der Waals surface area contributed by atoms with Crippen molar-refractivity contribution in [3.05, 3.63) is 24.0 Å². The highest BCUT2D eigenvalue weighted by Gasteiger charge is 2.05. The van der Waals surface area contributed by atoms with Gasteiger partial charge in [0.25, 0.3) is 0 Å². The molecule has 0 atom stereocenters. The summed E-state index contributed by atoms with van der Waals surface area (Å²) in [5.74, 6) is 0.337. The molecule has 0 aliphatic carbocycles. The zero-order chi connectivity index (χ0) is 17.1. The number of ketones is 1. The molecule has 0 bridgehead atoms. The Balaban J connectivity index is 2.29. The highest BCUT2D eigenvalue weighted by atomic mass is 127. The molecule has 0 saturated carbocycles. The molecule has 1 aromatic rings.